The molecule has 1 aliphatic rings. The van der Waals surface area contributed by atoms with Gasteiger partial charge in [-0.25, -0.2) is 4.68 Å². The van der Waals surface area contributed by atoms with E-state index in [1.54, 1.807) is 10.9 Å². The molecule has 1 heterocycles. The molecule has 3 rings (SSSR count). The predicted octanol–water partition coefficient (Wildman–Crippen LogP) is 1.97. The maximum absolute atomic E-state index is 11.3. The first-order chi connectivity index (χ1) is 9.70. The molecule has 1 fully saturated rings. The Hall–Kier alpha value is -2.14. The summed E-state index contributed by atoms with van der Waals surface area (Å²) in [5.41, 5.74) is 1.26. The summed E-state index contributed by atoms with van der Waals surface area (Å²) < 4.78 is 1.80. The van der Waals surface area contributed by atoms with Gasteiger partial charge in [0.05, 0.1) is 11.9 Å². The fourth-order valence-electron chi connectivity index (χ4n) is 2.44. The molecular formula is C15H17N3O2. The fourth-order valence-corrected chi connectivity index (χ4v) is 2.44. The highest BCUT2D eigenvalue weighted by Gasteiger charge is 2.43. The monoisotopic (exact) mass is 271 g/mol. The van der Waals surface area contributed by atoms with Crippen molar-refractivity contribution in [1.29, 1.82) is 0 Å². The second-order valence-electron chi connectivity index (χ2n) is 5.22. The summed E-state index contributed by atoms with van der Waals surface area (Å²) in [4.78, 5) is 11.3. The van der Waals surface area contributed by atoms with Crippen LogP contribution in [-0.4, -0.2) is 26.4 Å². The van der Waals surface area contributed by atoms with Crippen LogP contribution in [0.1, 0.15) is 24.8 Å². The van der Waals surface area contributed by atoms with Gasteiger partial charge in [0.15, 0.2) is 0 Å². The van der Waals surface area contributed by atoms with E-state index in [4.69, 9.17) is 0 Å². The number of hydrogen-bond donors (Lipinski definition) is 2. The molecule has 0 aliphatic heterocycles. The van der Waals surface area contributed by atoms with Crippen LogP contribution in [0.4, 0.5) is 0 Å². The van der Waals surface area contributed by atoms with E-state index in [9.17, 15) is 9.90 Å². The minimum absolute atomic E-state index is 0.527. The summed E-state index contributed by atoms with van der Waals surface area (Å²) in [7, 11) is 0. The van der Waals surface area contributed by atoms with Crippen molar-refractivity contribution >= 4 is 5.97 Å². The molecule has 1 aliphatic carbocycles. The summed E-state index contributed by atoms with van der Waals surface area (Å²) in [5, 5.41) is 16.7. The van der Waals surface area contributed by atoms with Gasteiger partial charge in [-0.1, -0.05) is 18.2 Å². The van der Waals surface area contributed by atoms with Gasteiger partial charge in [-0.15, -0.1) is 0 Å². The molecule has 2 N–H and O–H groups in total. The molecule has 2 aromatic rings. The van der Waals surface area contributed by atoms with Gasteiger partial charge in [-0.05, 0) is 31.4 Å². The van der Waals surface area contributed by atoms with Gasteiger partial charge in [0.25, 0.3) is 0 Å². The highest BCUT2D eigenvalue weighted by molar-refractivity contribution is 5.79. The van der Waals surface area contributed by atoms with Crippen LogP contribution >= 0.6 is 0 Å². The normalized spacial score (nSPS) is 16.6. The van der Waals surface area contributed by atoms with E-state index in [0.717, 1.165) is 17.7 Å². The van der Waals surface area contributed by atoms with Crippen molar-refractivity contribution in [1.82, 2.24) is 15.1 Å². The van der Waals surface area contributed by atoms with Crippen LogP contribution < -0.4 is 5.32 Å². The number of nitrogens with zero attached hydrogens (tertiary/aromatic N) is 2. The highest BCUT2D eigenvalue weighted by atomic mass is 16.4. The van der Waals surface area contributed by atoms with E-state index in [0.29, 0.717) is 19.4 Å². The Kier molecular flexibility index (Phi) is 3.28. The first kappa shape index (κ1) is 12.9. The number of rotatable bonds is 5. The van der Waals surface area contributed by atoms with E-state index in [2.05, 4.69) is 10.4 Å². The summed E-state index contributed by atoms with van der Waals surface area (Å²) in [6.07, 6.45) is 6.08. The average Bonchev–Trinajstić information content (AvgIpc) is 2.87. The van der Waals surface area contributed by atoms with Gasteiger partial charge in [0.1, 0.15) is 5.54 Å². The Labute approximate surface area is 117 Å². The number of aromatic nitrogens is 2. The molecule has 0 amide bonds. The molecule has 5 nitrogen and oxygen atoms in total. The first-order valence-corrected chi connectivity index (χ1v) is 6.77. The zero-order valence-corrected chi connectivity index (χ0v) is 11.1. The number of nitrogens with one attached hydrogen (secondary N) is 1. The fraction of sp³-hybridized carbons (Fsp3) is 0.333. The third-order valence-electron chi connectivity index (χ3n) is 3.90. The number of para-hydroxylation sites is 1. The Morgan fingerprint density at radius 1 is 1.35 bits per heavy atom. The summed E-state index contributed by atoms with van der Waals surface area (Å²) >= 11 is 0. The Morgan fingerprint density at radius 3 is 2.70 bits per heavy atom. The van der Waals surface area contributed by atoms with Crippen LogP contribution in [-0.2, 0) is 11.3 Å². The van der Waals surface area contributed by atoms with Crippen molar-refractivity contribution in [2.75, 3.05) is 0 Å². The summed E-state index contributed by atoms with van der Waals surface area (Å²) in [6, 6.07) is 9.85. The summed E-state index contributed by atoms with van der Waals surface area (Å²) in [6.45, 7) is 0.527. The summed E-state index contributed by atoms with van der Waals surface area (Å²) in [5.74, 6) is -0.751. The topological polar surface area (TPSA) is 67.2 Å². The van der Waals surface area contributed by atoms with Crippen molar-refractivity contribution in [2.45, 2.75) is 31.3 Å². The predicted molar refractivity (Wildman–Crippen MR) is 74.6 cm³/mol. The number of benzene rings is 1. The zero-order valence-electron chi connectivity index (χ0n) is 11.1. The van der Waals surface area contributed by atoms with Gasteiger partial charge in [0, 0.05) is 18.3 Å². The van der Waals surface area contributed by atoms with Gasteiger partial charge >= 0.3 is 5.97 Å². The Morgan fingerprint density at radius 2 is 2.10 bits per heavy atom. The Balaban J connectivity index is 1.68. The van der Waals surface area contributed by atoms with Crippen LogP contribution in [0.5, 0.6) is 0 Å². The van der Waals surface area contributed by atoms with Gasteiger partial charge in [-0.2, -0.15) is 5.10 Å². The molecule has 0 radical (unpaired) electrons. The minimum Gasteiger partial charge on any atom is -0.480 e. The van der Waals surface area contributed by atoms with Crippen LogP contribution in [0.3, 0.4) is 0 Å². The lowest BCUT2D eigenvalue weighted by Gasteiger charge is -2.38. The lowest BCUT2D eigenvalue weighted by molar-refractivity contribution is -0.148. The van der Waals surface area contributed by atoms with Crippen molar-refractivity contribution in [3.63, 3.8) is 0 Å². The average molecular weight is 271 g/mol. The Bertz CT molecular complexity index is 603. The highest BCUT2D eigenvalue weighted by Crippen LogP contribution is 2.32. The second kappa shape index (κ2) is 5.09. The smallest absolute Gasteiger partial charge is 0.323 e. The van der Waals surface area contributed by atoms with Gasteiger partial charge in [-0.3, -0.25) is 10.1 Å². The molecule has 1 aromatic carbocycles. The maximum Gasteiger partial charge on any atom is 0.323 e. The second-order valence-corrected chi connectivity index (χ2v) is 5.22. The zero-order chi connectivity index (χ0) is 14.0. The molecule has 0 atom stereocenters. The molecule has 1 aromatic heterocycles. The van der Waals surface area contributed by atoms with Crippen LogP contribution in [0.2, 0.25) is 0 Å². The van der Waals surface area contributed by atoms with Crippen molar-refractivity contribution < 1.29 is 9.90 Å². The number of carboxylic acid groups (broad SMARTS) is 1. The molecule has 20 heavy (non-hydrogen) atoms. The largest absolute Gasteiger partial charge is 0.480 e. The molecular weight excluding hydrogens is 254 g/mol. The van der Waals surface area contributed by atoms with Crippen molar-refractivity contribution in [3.8, 4) is 5.69 Å². The van der Waals surface area contributed by atoms with Gasteiger partial charge < -0.3 is 5.11 Å². The number of carbonyl (C=O) groups is 1. The molecule has 104 valence electrons. The quantitative estimate of drug-likeness (QED) is 0.872. The van der Waals surface area contributed by atoms with E-state index in [1.807, 2.05) is 36.5 Å². The molecule has 0 unspecified atom stereocenters. The third-order valence-corrected chi connectivity index (χ3v) is 3.90. The third kappa shape index (κ3) is 2.32. The lowest BCUT2D eigenvalue weighted by atomic mass is 9.77. The molecule has 5 heteroatoms. The van der Waals surface area contributed by atoms with Crippen molar-refractivity contribution in [3.05, 3.63) is 48.3 Å². The standard InChI is InChI=1S/C15H17N3O2/c19-14(20)15(7-4-8-15)16-9-12-10-17-18(11-12)13-5-2-1-3-6-13/h1-3,5-6,10-11,16H,4,7-9H2,(H,19,20). The van der Waals surface area contributed by atoms with E-state index in [-0.39, 0.29) is 0 Å². The van der Waals surface area contributed by atoms with E-state index in [1.165, 1.54) is 0 Å². The first-order valence-electron chi connectivity index (χ1n) is 6.77. The van der Waals surface area contributed by atoms with E-state index < -0.39 is 11.5 Å². The number of carboxylic acids is 1. The minimum atomic E-state index is -0.751. The van der Waals surface area contributed by atoms with Crippen LogP contribution in [0.15, 0.2) is 42.7 Å². The number of hydrogen-bond acceptors (Lipinski definition) is 3. The molecule has 0 spiro atoms. The lowest BCUT2D eigenvalue weighted by Crippen LogP contribution is -2.56. The molecule has 0 bridgehead atoms. The molecule has 1 saturated carbocycles. The van der Waals surface area contributed by atoms with Crippen molar-refractivity contribution in [2.24, 2.45) is 0 Å². The van der Waals surface area contributed by atoms with Crippen LogP contribution in [0, 0.1) is 0 Å². The SMILES string of the molecule is O=C(O)C1(NCc2cnn(-c3ccccc3)c2)CCC1. The number of aliphatic carboxylic acids is 1. The van der Waals surface area contributed by atoms with Gasteiger partial charge in [0.2, 0.25) is 0 Å². The molecule has 0 saturated heterocycles. The van der Waals surface area contributed by atoms with Crippen LogP contribution in [0.25, 0.3) is 5.69 Å². The maximum atomic E-state index is 11.3. The van der Waals surface area contributed by atoms with E-state index >= 15 is 0 Å².